The zero-order chi connectivity index (χ0) is 13.8. The normalized spacial score (nSPS) is 17.8. The Balaban J connectivity index is 2.35. The van der Waals surface area contributed by atoms with E-state index < -0.39 is 15.8 Å². The van der Waals surface area contributed by atoms with E-state index in [0.717, 1.165) is 25.5 Å². The summed E-state index contributed by atoms with van der Waals surface area (Å²) in [6.07, 6.45) is 3.64. The highest BCUT2D eigenvalue weighted by Gasteiger charge is 2.39. The van der Waals surface area contributed by atoms with Gasteiger partial charge in [0.05, 0.1) is 12.2 Å². The lowest BCUT2D eigenvalue weighted by Crippen LogP contribution is -2.43. The fourth-order valence-electron chi connectivity index (χ4n) is 2.07. The van der Waals surface area contributed by atoms with Crippen LogP contribution in [0, 0.1) is 5.41 Å². The Labute approximate surface area is 107 Å². The molecular formula is C11H19NO5S. The topological polar surface area (TPSA) is 101 Å². The molecule has 18 heavy (non-hydrogen) atoms. The standard InChI is InChI=1S/C11H19NO5S/c1-18(16,17)6-3-9(13)12-8-11(4-2-5-11)7-10(14)15/h2-8H2,1H3,(H,12,13)(H,14,15). The Bertz CT molecular complexity index is 425. The van der Waals surface area contributed by atoms with E-state index in [-0.39, 0.29) is 29.9 Å². The summed E-state index contributed by atoms with van der Waals surface area (Å²) in [5.41, 5.74) is -0.327. The number of carboxylic acids is 1. The van der Waals surface area contributed by atoms with Crippen LogP contribution in [0.3, 0.4) is 0 Å². The molecule has 7 heteroatoms. The van der Waals surface area contributed by atoms with Crippen molar-refractivity contribution in [3.05, 3.63) is 0 Å². The number of carbonyl (C=O) groups is 2. The fraction of sp³-hybridized carbons (Fsp3) is 0.818. The Kier molecular flexibility index (Phi) is 4.72. The first-order chi connectivity index (χ1) is 8.22. The van der Waals surface area contributed by atoms with Crippen molar-refractivity contribution in [2.45, 2.75) is 32.1 Å². The highest BCUT2D eigenvalue weighted by atomic mass is 32.2. The number of sulfone groups is 1. The van der Waals surface area contributed by atoms with Crippen molar-refractivity contribution in [1.29, 1.82) is 0 Å². The van der Waals surface area contributed by atoms with Gasteiger partial charge in [0.15, 0.2) is 0 Å². The molecule has 0 aromatic rings. The molecule has 0 spiro atoms. The van der Waals surface area contributed by atoms with E-state index in [1.54, 1.807) is 0 Å². The van der Waals surface area contributed by atoms with E-state index in [4.69, 9.17) is 5.11 Å². The lowest BCUT2D eigenvalue weighted by molar-refractivity contribution is -0.141. The van der Waals surface area contributed by atoms with Crippen LogP contribution in [0.1, 0.15) is 32.1 Å². The molecule has 0 heterocycles. The number of carboxylic acid groups (broad SMARTS) is 1. The first-order valence-electron chi connectivity index (χ1n) is 5.89. The molecule has 1 aliphatic rings. The molecule has 0 atom stereocenters. The quantitative estimate of drug-likeness (QED) is 0.691. The number of carbonyl (C=O) groups excluding carboxylic acids is 1. The van der Waals surface area contributed by atoms with Crippen molar-refractivity contribution in [3.63, 3.8) is 0 Å². The highest BCUT2D eigenvalue weighted by molar-refractivity contribution is 7.90. The Hall–Kier alpha value is -1.11. The van der Waals surface area contributed by atoms with Crippen LogP contribution in [-0.2, 0) is 19.4 Å². The molecule has 0 saturated heterocycles. The van der Waals surface area contributed by atoms with E-state index in [1.165, 1.54) is 0 Å². The molecule has 2 N–H and O–H groups in total. The van der Waals surface area contributed by atoms with Gasteiger partial charge in [0.2, 0.25) is 5.91 Å². The van der Waals surface area contributed by atoms with Gasteiger partial charge in [-0.15, -0.1) is 0 Å². The molecule has 1 rings (SSSR count). The van der Waals surface area contributed by atoms with Gasteiger partial charge in [0.1, 0.15) is 9.84 Å². The van der Waals surface area contributed by atoms with Crippen molar-refractivity contribution in [3.8, 4) is 0 Å². The molecule has 0 aromatic carbocycles. The lowest BCUT2D eigenvalue weighted by Gasteiger charge is -2.40. The van der Waals surface area contributed by atoms with Crippen molar-refractivity contribution in [1.82, 2.24) is 5.32 Å². The summed E-state index contributed by atoms with van der Waals surface area (Å²) in [7, 11) is -3.14. The summed E-state index contributed by atoms with van der Waals surface area (Å²) in [6, 6.07) is 0. The van der Waals surface area contributed by atoms with Gasteiger partial charge in [-0.1, -0.05) is 6.42 Å². The monoisotopic (exact) mass is 277 g/mol. The summed E-state index contributed by atoms with van der Waals surface area (Å²) in [4.78, 5) is 22.2. The summed E-state index contributed by atoms with van der Waals surface area (Å²) in [6.45, 7) is 0.321. The summed E-state index contributed by atoms with van der Waals surface area (Å²) in [5.74, 6) is -1.37. The van der Waals surface area contributed by atoms with Gasteiger partial charge in [0, 0.05) is 19.2 Å². The molecule has 0 unspecified atom stereocenters. The van der Waals surface area contributed by atoms with Gasteiger partial charge in [-0.3, -0.25) is 9.59 Å². The summed E-state index contributed by atoms with van der Waals surface area (Å²) >= 11 is 0. The predicted molar refractivity (Wildman–Crippen MR) is 65.9 cm³/mol. The summed E-state index contributed by atoms with van der Waals surface area (Å²) in [5, 5.41) is 11.4. The minimum atomic E-state index is -3.14. The average Bonchev–Trinajstić information content (AvgIpc) is 2.17. The van der Waals surface area contributed by atoms with Crippen molar-refractivity contribution in [2.24, 2.45) is 5.41 Å². The van der Waals surface area contributed by atoms with Crippen molar-refractivity contribution in [2.75, 3.05) is 18.6 Å². The van der Waals surface area contributed by atoms with Crippen LogP contribution >= 0.6 is 0 Å². The van der Waals surface area contributed by atoms with Gasteiger partial charge in [-0.25, -0.2) is 8.42 Å². The highest BCUT2D eigenvalue weighted by Crippen LogP contribution is 2.43. The molecule has 0 radical (unpaired) electrons. The van der Waals surface area contributed by atoms with E-state index >= 15 is 0 Å². The largest absolute Gasteiger partial charge is 0.481 e. The SMILES string of the molecule is CS(=O)(=O)CCC(=O)NCC1(CC(=O)O)CCC1. The fourth-order valence-corrected chi connectivity index (χ4v) is 2.62. The lowest BCUT2D eigenvalue weighted by atomic mass is 9.66. The van der Waals surface area contributed by atoms with Crippen LogP contribution < -0.4 is 5.32 Å². The molecular weight excluding hydrogens is 258 g/mol. The van der Waals surface area contributed by atoms with E-state index in [9.17, 15) is 18.0 Å². The average molecular weight is 277 g/mol. The van der Waals surface area contributed by atoms with E-state index in [0.29, 0.717) is 6.54 Å². The Morgan fingerprint density at radius 2 is 1.94 bits per heavy atom. The van der Waals surface area contributed by atoms with Gasteiger partial charge in [-0.05, 0) is 18.3 Å². The third kappa shape index (κ3) is 5.03. The van der Waals surface area contributed by atoms with Crippen LogP contribution in [0.2, 0.25) is 0 Å². The molecule has 1 saturated carbocycles. The second-order valence-corrected chi connectivity index (χ2v) is 7.34. The minimum absolute atomic E-state index is 0.0549. The van der Waals surface area contributed by atoms with Crippen LogP contribution in [-0.4, -0.2) is 44.0 Å². The molecule has 1 amide bonds. The number of rotatable bonds is 7. The van der Waals surface area contributed by atoms with E-state index in [1.807, 2.05) is 0 Å². The Morgan fingerprint density at radius 1 is 1.33 bits per heavy atom. The van der Waals surface area contributed by atoms with E-state index in [2.05, 4.69) is 5.32 Å². The first-order valence-corrected chi connectivity index (χ1v) is 7.95. The zero-order valence-corrected chi connectivity index (χ0v) is 11.3. The number of aliphatic carboxylic acids is 1. The van der Waals surface area contributed by atoms with Crippen molar-refractivity contribution < 1.29 is 23.1 Å². The number of nitrogens with one attached hydrogen (secondary N) is 1. The summed E-state index contributed by atoms with van der Waals surface area (Å²) < 4.78 is 21.8. The zero-order valence-electron chi connectivity index (χ0n) is 10.4. The number of amides is 1. The minimum Gasteiger partial charge on any atom is -0.481 e. The second-order valence-electron chi connectivity index (χ2n) is 5.08. The van der Waals surface area contributed by atoms with Gasteiger partial charge in [0.25, 0.3) is 0 Å². The van der Waals surface area contributed by atoms with Gasteiger partial charge in [-0.2, -0.15) is 0 Å². The molecule has 0 aliphatic heterocycles. The maximum Gasteiger partial charge on any atom is 0.303 e. The molecule has 6 nitrogen and oxygen atoms in total. The number of hydrogen-bond donors (Lipinski definition) is 2. The molecule has 0 aromatic heterocycles. The predicted octanol–water partition coefficient (Wildman–Crippen LogP) is 0.182. The number of hydrogen-bond acceptors (Lipinski definition) is 4. The van der Waals surface area contributed by atoms with Gasteiger partial charge < -0.3 is 10.4 Å². The maximum atomic E-state index is 11.4. The van der Waals surface area contributed by atoms with Crippen LogP contribution in [0.15, 0.2) is 0 Å². The smallest absolute Gasteiger partial charge is 0.303 e. The molecule has 1 aliphatic carbocycles. The van der Waals surface area contributed by atoms with Crippen LogP contribution in [0.5, 0.6) is 0 Å². The molecule has 104 valence electrons. The van der Waals surface area contributed by atoms with Crippen LogP contribution in [0.25, 0.3) is 0 Å². The first kappa shape index (κ1) is 14.9. The third-order valence-corrected chi connectivity index (χ3v) is 4.25. The Morgan fingerprint density at radius 3 is 2.33 bits per heavy atom. The molecule has 0 bridgehead atoms. The van der Waals surface area contributed by atoms with Crippen LogP contribution in [0.4, 0.5) is 0 Å². The molecule has 1 fully saturated rings. The van der Waals surface area contributed by atoms with Gasteiger partial charge >= 0.3 is 5.97 Å². The maximum absolute atomic E-state index is 11.4. The second kappa shape index (κ2) is 5.69. The third-order valence-electron chi connectivity index (χ3n) is 3.30. The van der Waals surface area contributed by atoms with Crippen molar-refractivity contribution >= 4 is 21.7 Å².